The zero-order chi connectivity index (χ0) is 13.0. The molecule has 0 atom stereocenters. The summed E-state index contributed by atoms with van der Waals surface area (Å²) >= 11 is 0. The number of hydrogen-bond donors (Lipinski definition) is 0. The van der Waals surface area contributed by atoms with Gasteiger partial charge >= 0.3 is 5.97 Å². The number of rotatable bonds is 2. The van der Waals surface area contributed by atoms with E-state index in [2.05, 4.69) is 0 Å². The number of carbonyl (C=O) groups is 1. The molecule has 0 N–H and O–H groups in total. The van der Waals surface area contributed by atoms with Crippen molar-refractivity contribution in [3.63, 3.8) is 0 Å². The third-order valence-electron chi connectivity index (χ3n) is 3.42. The Balaban J connectivity index is 2.02. The molecule has 0 amide bonds. The van der Waals surface area contributed by atoms with E-state index in [-0.39, 0.29) is 11.7 Å². The first kappa shape index (κ1) is 13.1. The molecule has 1 aromatic rings. The van der Waals surface area contributed by atoms with Gasteiger partial charge in [0.15, 0.2) is 0 Å². The summed E-state index contributed by atoms with van der Waals surface area (Å²) in [6.07, 6.45) is 6.35. The molecule has 18 heavy (non-hydrogen) atoms. The topological polar surface area (TPSA) is 26.3 Å². The first-order chi connectivity index (χ1) is 8.66. The van der Waals surface area contributed by atoms with Crippen LogP contribution in [-0.4, -0.2) is 12.1 Å². The number of esters is 1. The van der Waals surface area contributed by atoms with Crippen molar-refractivity contribution in [2.75, 3.05) is 0 Å². The van der Waals surface area contributed by atoms with Crippen LogP contribution in [0.2, 0.25) is 0 Å². The largest absolute Gasteiger partial charge is 0.459 e. The van der Waals surface area contributed by atoms with Gasteiger partial charge in [-0.1, -0.05) is 18.9 Å². The van der Waals surface area contributed by atoms with Gasteiger partial charge in [0.2, 0.25) is 0 Å². The fourth-order valence-corrected chi connectivity index (χ4v) is 2.36. The first-order valence-corrected chi connectivity index (χ1v) is 6.64. The molecule has 1 aromatic carbocycles. The SMILES string of the molecule is Cc1ccc(C(=O)OC2CCCCCC2)c(F)c1. The van der Waals surface area contributed by atoms with Gasteiger partial charge in [-0.05, 0) is 50.3 Å². The highest BCUT2D eigenvalue weighted by atomic mass is 19.1. The Morgan fingerprint density at radius 1 is 1.22 bits per heavy atom. The van der Waals surface area contributed by atoms with Crippen LogP contribution in [0.1, 0.15) is 54.4 Å². The maximum Gasteiger partial charge on any atom is 0.341 e. The van der Waals surface area contributed by atoms with E-state index in [1.165, 1.54) is 25.0 Å². The zero-order valence-corrected chi connectivity index (χ0v) is 10.7. The van der Waals surface area contributed by atoms with Crippen LogP contribution in [0.15, 0.2) is 18.2 Å². The summed E-state index contributed by atoms with van der Waals surface area (Å²) in [5.41, 5.74) is 0.850. The van der Waals surface area contributed by atoms with E-state index in [9.17, 15) is 9.18 Å². The minimum Gasteiger partial charge on any atom is -0.459 e. The fourth-order valence-electron chi connectivity index (χ4n) is 2.36. The Kier molecular flexibility index (Phi) is 4.34. The minimum atomic E-state index is -0.528. The first-order valence-electron chi connectivity index (χ1n) is 6.64. The maximum absolute atomic E-state index is 13.6. The fraction of sp³-hybridized carbons (Fsp3) is 0.533. The number of ether oxygens (including phenoxy) is 1. The number of aryl methyl sites for hydroxylation is 1. The summed E-state index contributed by atoms with van der Waals surface area (Å²) in [5, 5.41) is 0. The van der Waals surface area contributed by atoms with Crippen molar-refractivity contribution in [1.29, 1.82) is 0 Å². The van der Waals surface area contributed by atoms with Crippen molar-refractivity contribution in [2.45, 2.75) is 51.6 Å². The van der Waals surface area contributed by atoms with Gasteiger partial charge in [-0.25, -0.2) is 9.18 Å². The lowest BCUT2D eigenvalue weighted by atomic mass is 10.1. The van der Waals surface area contributed by atoms with E-state index in [1.807, 2.05) is 0 Å². The van der Waals surface area contributed by atoms with E-state index in [0.717, 1.165) is 31.2 Å². The third-order valence-corrected chi connectivity index (χ3v) is 3.42. The zero-order valence-electron chi connectivity index (χ0n) is 10.7. The average Bonchev–Trinajstić information content (AvgIpc) is 2.57. The molecule has 3 heteroatoms. The Hall–Kier alpha value is -1.38. The lowest BCUT2D eigenvalue weighted by Gasteiger charge is -2.15. The molecule has 98 valence electrons. The molecular formula is C15H19FO2. The van der Waals surface area contributed by atoms with Crippen LogP contribution in [0.4, 0.5) is 4.39 Å². The van der Waals surface area contributed by atoms with Crippen LogP contribution in [0.3, 0.4) is 0 Å². The summed E-state index contributed by atoms with van der Waals surface area (Å²) < 4.78 is 19.0. The van der Waals surface area contributed by atoms with Gasteiger partial charge in [0.05, 0.1) is 5.56 Å². The molecule has 0 radical (unpaired) electrons. The third kappa shape index (κ3) is 3.31. The van der Waals surface area contributed by atoms with Gasteiger partial charge in [0, 0.05) is 0 Å². The van der Waals surface area contributed by atoms with E-state index in [0.29, 0.717) is 0 Å². The quantitative estimate of drug-likeness (QED) is 0.585. The summed E-state index contributed by atoms with van der Waals surface area (Å²) in [7, 11) is 0. The molecule has 0 bridgehead atoms. The lowest BCUT2D eigenvalue weighted by Crippen LogP contribution is -2.18. The second-order valence-corrected chi connectivity index (χ2v) is 5.00. The molecule has 2 rings (SSSR count). The predicted octanol–water partition coefficient (Wildman–Crippen LogP) is 4.01. The van der Waals surface area contributed by atoms with Crippen LogP contribution < -0.4 is 0 Å². The predicted molar refractivity (Wildman–Crippen MR) is 68.0 cm³/mol. The highest BCUT2D eigenvalue weighted by Crippen LogP contribution is 2.21. The summed E-state index contributed by atoms with van der Waals surface area (Å²) in [6.45, 7) is 1.80. The Morgan fingerprint density at radius 3 is 2.50 bits per heavy atom. The summed E-state index contributed by atoms with van der Waals surface area (Å²) in [6, 6.07) is 4.60. The summed E-state index contributed by atoms with van der Waals surface area (Å²) in [4.78, 5) is 11.9. The molecule has 0 aromatic heterocycles. The van der Waals surface area contributed by atoms with E-state index >= 15 is 0 Å². The monoisotopic (exact) mass is 250 g/mol. The second-order valence-electron chi connectivity index (χ2n) is 5.00. The van der Waals surface area contributed by atoms with Crippen LogP contribution in [0.5, 0.6) is 0 Å². The van der Waals surface area contributed by atoms with Crippen LogP contribution >= 0.6 is 0 Å². The number of hydrogen-bond acceptors (Lipinski definition) is 2. The molecule has 1 fully saturated rings. The normalized spacial score (nSPS) is 17.2. The van der Waals surface area contributed by atoms with Gasteiger partial charge < -0.3 is 4.74 Å². The van der Waals surface area contributed by atoms with E-state index < -0.39 is 11.8 Å². The Morgan fingerprint density at radius 2 is 1.89 bits per heavy atom. The van der Waals surface area contributed by atoms with Gasteiger partial charge in [-0.2, -0.15) is 0 Å². The Labute approximate surface area is 107 Å². The van der Waals surface area contributed by atoms with Gasteiger partial charge in [-0.15, -0.1) is 0 Å². The van der Waals surface area contributed by atoms with Gasteiger partial charge in [0.25, 0.3) is 0 Å². The van der Waals surface area contributed by atoms with Crippen LogP contribution in [-0.2, 0) is 4.74 Å². The number of halogens is 1. The molecule has 0 aliphatic heterocycles. The van der Waals surface area contributed by atoms with Crippen molar-refractivity contribution in [3.05, 3.63) is 35.1 Å². The van der Waals surface area contributed by atoms with Crippen molar-refractivity contribution in [3.8, 4) is 0 Å². The van der Waals surface area contributed by atoms with Gasteiger partial charge in [0.1, 0.15) is 11.9 Å². The van der Waals surface area contributed by atoms with Crippen molar-refractivity contribution >= 4 is 5.97 Å². The highest BCUT2D eigenvalue weighted by Gasteiger charge is 2.19. The molecule has 1 aliphatic rings. The van der Waals surface area contributed by atoms with Crippen molar-refractivity contribution in [1.82, 2.24) is 0 Å². The van der Waals surface area contributed by atoms with E-state index in [1.54, 1.807) is 13.0 Å². The highest BCUT2D eigenvalue weighted by molar-refractivity contribution is 5.89. The second kappa shape index (κ2) is 5.98. The molecule has 0 spiro atoms. The van der Waals surface area contributed by atoms with E-state index in [4.69, 9.17) is 4.74 Å². The van der Waals surface area contributed by atoms with Crippen LogP contribution in [0.25, 0.3) is 0 Å². The molecule has 2 nitrogen and oxygen atoms in total. The molecule has 0 unspecified atom stereocenters. The average molecular weight is 250 g/mol. The van der Waals surface area contributed by atoms with Crippen LogP contribution in [0, 0.1) is 12.7 Å². The summed E-state index contributed by atoms with van der Waals surface area (Å²) in [5.74, 6) is -1.02. The molecule has 1 aliphatic carbocycles. The lowest BCUT2D eigenvalue weighted by molar-refractivity contribution is 0.0262. The minimum absolute atomic E-state index is 0.0410. The molecular weight excluding hydrogens is 231 g/mol. The van der Waals surface area contributed by atoms with Crippen molar-refractivity contribution < 1.29 is 13.9 Å². The number of benzene rings is 1. The molecule has 1 saturated carbocycles. The molecule has 0 saturated heterocycles. The smallest absolute Gasteiger partial charge is 0.341 e. The van der Waals surface area contributed by atoms with Crippen molar-refractivity contribution in [2.24, 2.45) is 0 Å². The Bertz CT molecular complexity index is 421. The number of carbonyl (C=O) groups excluding carboxylic acids is 1. The standard InChI is InChI=1S/C15H19FO2/c1-11-8-9-13(14(16)10-11)15(17)18-12-6-4-2-3-5-7-12/h8-10,12H,2-7H2,1H3. The molecule has 0 heterocycles. The van der Waals surface area contributed by atoms with Gasteiger partial charge in [-0.3, -0.25) is 0 Å². The maximum atomic E-state index is 13.6.